The van der Waals surface area contributed by atoms with Crippen molar-refractivity contribution in [3.8, 4) is 11.5 Å². The minimum absolute atomic E-state index is 0.0913. The Bertz CT molecular complexity index is 1630. The molecule has 39 heavy (non-hydrogen) atoms. The van der Waals surface area contributed by atoms with Gasteiger partial charge >= 0.3 is 5.97 Å². The van der Waals surface area contributed by atoms with Crippen LogP contribution in [0.4, 0.5) is 16.0 Å². The number of thiazole rings is 1. The summed E-state index contributed by atoms with van der Waals surface area (Å²) in [5.41, 5.74) is 6.12. The summed E-state index contributed by atoms with van der Waals surface area (Å²) in [6, 6.07) is 3.59. The smallest absolute Gasteiger partial charge is 0.309 e. The van der Waals surface area contributed by atoms with E-state index in [1.807, 2.05) is 6.07 Å². The monoisotopic (exact) mass is 664 g/mol. The molecule has 0 aliphatic carbocycles. The fourth-order valence-corrected chi connectivity index (χ4v) is 5.72. The highest BCUT2D eigenvalue weighted by molar-refractivity contribution is 14.1. The molecular weight excluding hydrogens is 638 g/mol. The number of nitrogen functional groups attached to an aromatic ring is 1. The average Bonchev–Trinajstić information content (AvgIpc) is 3.52. The first-order valence-electron chi connectivity index (χ1n) is 12.1. The summed E-state index contributed by atoms with van der Waals surface area (Å²) >= 11 is 3.01. The van der Waals surface area contributed by atoms with E-state index in [0.29, 0.717) is 39.5 Å². The molecule has 0 fully saturated rings. The molecule has 0 bridgehead atoms. The summed E-state index contributed by atoms with van der Waals surface area (Å²) in [4.78, 5) is 43.1. The molecule has 11 nitrogen and oxygen atoms in total. The van der Waals surface area contributed by atoms with Gasteiger partial charge in [0.2, 0.25) is 5.91 Å². The van der Waals surface area contributed by atoms with E-state index in [0.717, 1.165) is 0 Å². The fourth-order valence-electron chi connectivity index (χ4n) is 4.50. The molecule has 0 aromatic carbocycles. The van der Waals surface area contributed by atoms with E-state index in [1.54, 1.807) is 65.7 Å². The van der Waals surface area contributed by atoms with Crippen LogP contribution in [-0.2, 0) is 28.0 Å². The first-order chi connectivity index (χ1) is 18.2. The van der Waals surface area contributed by atoms with Gasteiger partial charge in [0.1, 0.15) is 27.8 Å². The lowest BCUT2D eigenvalue weighted by molar-refractivity contribution is -0.146. The standard InChI is InChI=1S/C25H26FIN8O3S/c1-23(2,22(37)38)10-12-11-39-21(30-12)25(4)14-16(28)31-18(32-17(14)33-20(25)36)15-13-6-5-8-29-19(13)35(34-15)9-7-24(3,26)27/h5-6,8,11H,7,9-10H2,1-4H3,(H,37,38)(H3,28,31,32,33,36). The van der Waals surface area contributed by atoms with Gasteiger partial charge in [0.25, 0.3) is 0 Å². The Kier molecular flexibility index (Phi) is 6.60. The average molecular weight is 665 g/mol. The van der Waals surface area contributed by atoms with Gasteiger partial charge in [-0.05, 0) is 62.4 Å². The Morgan fingerprint density at radius 2 is 2.05 bits per heavy atom. The van der Waals surface area contributed by atoms with Gasteiger partial charge < -0.3 is 16.2 Å². The highest BCUT2D eigenvalue weighted by atomic mass is 127. The quantitative estimate of drug-likeness (QED) is 0.184. The maximum atomic E-state index is 14.2. The van der Waals surface area contributed by atoms with E-state index >= 15 is 0 Å². The SMILES string of the molecule is CC(F)(I)CCn1nc(-c2nc(N)c3c(n2)NC(=O)C3(C)c2nc(CC(C)(C)C(=O)O)cs2)c2cccnc21. The molecule has 4 aromatic heterocycles. The molecule has 5 rings (SSSR count). The third kappa shape index (κ3) is 4.83. The number of halogens is 2. The molecule has 0 saturated heterocycles. The van der Waals surface area contributed by atoms with Crippen LogP contribution in [0.3, 0.4) is 0 Å². The molecule has 5 heterocycles. The van der Waals surface area contributed by atoms with E-state index in [1.165, 1.54) is 18.3 Å². The number of carboxylic acids is 1. The molecule has 4 N–H and O–H groups in total. The van der Waals surface area contributed by atoms with Gasteiger partial charge in [0.15, 0.2) is 15.1 Å². The zero-order chi connectivity index (χ0) is 28.3. The van der Waals surface area contributed by atoms with Gasteiger partial charge in [-0.2, -0.15) is 5.10 Å². The second kappa shape index (κ2) is 9.43. The summed E-state index contributed by atoms with van der Waals surface area (Å²) in [5.74, 6) is -0.754. The summed E-state index contributed by atoms with van der Waals surface area (Å²) in [7, 11) is 0. The van der Waals surface area contributed by atoms with Gasteiger partial charge in [-0.3, -0.25) is 9.59 Å². The first-order valence-corrected chi connectivity index (χ1v) is 14.0. The Morgan fingerprint density at radius 3 is 2.74 bits per heavy atom. The third-order valence-electron chi connectivity index (χ3n) is 6.79. The number of aliphatic carboxylic acids is 1. The largest absolute Gasteiger partial charge is 0.481 e. The van der Waals surface area contributed by atoms with Crippen molar-refractivity contribution in [3.63, 3.8) is 0 Å². The second-order valence-electron chi connectivity index (χ2n) is 10.5. The molecular formula is C25H26FIN8O3S. The van der Waals surface area contributed by atoms with Gasteiger partial charge in [-0.15, -0.1) is 11.3 Å². The van der Waals surface area contributed by atoms with Crippen LogP contribution in [0.2, 0.25) is 0 Å². The Hall–Kier alpha value is -3.27. The number of hydrogen-bond donors (Lipinski definition) is 3. The van der Waals surface area contributed by atoms with E-state index in [-0.39, 0.29) is 36.2 Å². The number of pyridine rings is 1. The van der Waals surface area contributed by atoms with Crippen LogP contribution in [0.5, 0.6) is 0 Å². The Labute approximate surface area is 240 Å². The molecule has 0 radical (unpaired) electrons. The number of alkyl halides is 2. The van der Waals surface area contributed by atoms with Crippen molar-refractivity contribution in [1.82, 2.24) is 29.7 Å². The predicted octanol–water partition coefficient (Wildman–Crippen LogP) is 4.35. The number of rotatable bonds is 8. The number of amides is 1. The summed E-state index contributed by atoms with van der Waals surface area (Å²) in [5, 5.41) is 19.8. The lowest BCUT2D eigenvalue weighted by Crippen LogP contribution is -2.33. The Morgan fingerprint density at radius 1 is 1.31 bits per heavy atom. The van der Waals surface area contributed by atoms with Crippen LogP contribution in [0.15, 0.2) is 23.7 Å². The van der Waals surface area contributed by atoms with Crippen molar-refractivity contribution in [3.05, 3.63) is 40.0 Å². The predicted molar refractivity (Wildman–Crippen MR) is 153 cm³/mol. The van der Waals surface area contributed by atoms with Crippen LogP contribution < -0.4 is 11.1 Å². The molecule has 2 unspecified atom stereocenters. The third-order valence-corrected chi connectivity index (χ3v) is 8.44. The number of aryl methyl sites for hydroxylation is 1. The molecule has 0 spiro atoms. The number of aromatic nitrogens is 6. The molecule has 4 aromatic rings. The van der Waals surface area contributed by atoms with Crippen molar-refractivity contribution >= 4 is 68.5 Å². The lowest BCUT2D eigenvalue weighted by atomic mass is 9.85. The number of carboxylic acid groups (broad SMARTS) is 1. The minimum atomic E-state index is -1.41. The van der Waals surface area contributed by atoms with Crippen molar-refractivity contribution in [1.29, 1.82) is 0 Å². The van der Waals surface area contributed by atoms with Crippen LogP contribution in [-0.4, -0.2) is 50.4 Å². The van der Waals surface area contributed by atoms with E-state index in [2.05, 4.69) is 30.4 Å². The van der Waals surface area contributed by atoms with Gasteiger partial charge in [0, 0.05) is 31.0 Å². The number of fused-ring (bicyclic) bond motifs is 2. The van der Waals surface area contributed by atoms with E-state index in [9.17, 15) is 19.1 Å². The van der Waals surface area contributed by atoms with Gasteiger partial charge in [-0.1, -0.05) is 0 Å². The summed E-state index contributed by atoms with van der Waals surface area (Å²) in [6.45, 7) is 6.74. The highest BCUT2D eigenvalue weighted by Crippen LogP contribution is 2.46. The molecule has 1 amide bonds. The summed E-state index contributed by atoms with van der Waals surface area (Å²) < 4.78 is 14.4. The number of nitrogens with zero attached hydrogens (tertiary/aromatic N) is 6. The normalized spacial score (nSPS) is 18.7. The fraction of sp³-hybridized carbons (Fsp3) is 0.400. The maximum Gasteiger partial charge on any atom is 0.309 e. The molecule has 14 heteroatoms. The number of nitrogens with two attached hydrogens (primary N) is 1. The van der Waals surface area contributed by atoms with Crippen molar-refractivity contribution in [2.24, 2.45) is 5.41 Å². The Balaban J connectivity index is 1.55. The van der Waals surface area contributed by atoms with E-state index in [4.69, 9.17) is 5.73 Å². The van der Waals surface area contributed by atoms with Crippen molar-refractivity contribution < 1.29 is 19.1 Å². The molecule has 204 valence electrons. The van der Waals surface area contributed by atoms with E-state index < -0.39 is 20.5 Å². The molecule has 1 aliphatic heterocycles. The molecule has 1 aliphatic rings. The molecule has 0 saturated carbocycles. The zero-order valence-corrected chi connectivity index (χ0v) is 24.6. The summed E-state index contributed by atoms with van der Waals surface area (Å²) in [6.07, 6.45) is 2.06. The lowest BCUT2D eigenvalue weighted by Gasteiger charge is -2.20. The van der Waals surface area contributed by atoms with Crippen LogP contribution in [0.25, 0.3) is 22.6 Å². The number of carbonyl (C=O) groups excluding carboxylic acids is 1. The number of anilines is 2. The van der Waals surface area contributed by atoms with Crippen molar-refractivity contribution in [2.75, 3.05) is 11.1 Å². The number of nitrogens with one attached hydrogen (secondary N) is 1. The highest BCUT2D eigenvalue weighted by Gasteiger charge is 2.50. The first kappa shape index (κ1) is 27.3. The number of carbonyl (C=O) groups is 2. The van der Waals surface area contributed by atoms with Crippen LogP contribution >= 0.6 is 33.9 Å². The molecule has 2 atom stereocenters. The van der Waals surface area contributed by atoms with Crippen molar-refractivity contribution in [2.45, 2.75) is 56.2 Å². The van der Waals surface area contributed by atoms with Gasteiger partial charge in [0.05, 0.1) is 22.1 Å². The van der Waals surface area contributed by atoms with Crippen LogP contribution in [0, 0.1) is 5.41 Å². The van der Waals surface area contributed by atoms with Crippen LogP contribution in [0.1, 0.15) is 50.4 Å². The second-order valence-corrected chi connectivity index (χ2v) is 13.6. The van der Waals surface area contributed by atoms with Gasteiger partial charge in [-0.25, -0.2) is 29.0 Å². The number of hydrogen-bond acceptors (Lipinski definition) is 9. The topological polar surface area (TPSA) is 162 Å². The maximum absolute atomic E-state index is 14.2. The zero-order valence-electron chi connectivity index (χ0n) is 21.6. The minimum Gasteiger partial charge on any atom is -0.481 e.